The molecule has 1 amide bonds. The zero-order valence-electron chi connectivity index (χ0n) is 16.0. The van der Waals surface area contributed by atoms with Gasteiger partial charge in [-0.3, -0.25) is 19.7 Å². The van der Waals surface area contributed by atoms with Crippen LogP contribution in [0.4, 0.5) is 5.82 Å². The standard InChI is InChI=1S/C21H22N6O2/c28-21(14-3-7-27(8-4-14)17-12-29-13-17)24-20-10-16-9-15(1-2-18(16)25-26-20)19-11-22-5-6-23-19/h1-2,5-6,9-11,14,17H,3-4,7-8,12-13H2,(H,24,26,28). The van der Waals surface area contributed by atoms with E-state index in [1.54, 1.807) is 18.6 Å². The smallest absolute Gasteiger partial charge is 0.228 e. The van der Waals surface area contributed by atoms with Crippen molar-refractivity contribution in [3.63, 3.8) is 0 Å². The summed E-state index contributed by atoms with van der Waals surface area (Å²) in [7, 11) is 0. The first-order chi connectivity index (χ1) is 14.3. The molecule has 0 radical (unpaired) electrons. The second-order valence-corrected chi connectivity index (χ2v) is 7.58. The highest BCUT2D eigenvalue weighted by Gasteiger charge is 2.32. The molecule has 0 unspecified atom stereocenters. The number of hydrogen-bond donors (Lipinski definition) is 1. The van der Waals surface area contributed by atoms with E-state index in [1.807, 2.05) is 24.3 Å². The van der Waals surface area contributed by atoms with Crippen LogP contribution in [-0.4, -0.2) is 63.3 Å². The third-order valence-corrected chi connectivity index (χ3v) is 5.73. The molecular formula is C21H22N6O2. The fourth-order valence-corrected chi connectivity index (χ4v) is 3.90. The van der Waals surface area contributed by atoms with Gasteiger partial charge < -0.3 is 10.1 Å². The molecule has 2 aliphatic rings. The summed E-state index contributed by atoms with van der Waals surface area (Å²) >= 11 is 0. The number of carbonyl (C=O) groups excluding carboxylic acids is 1. The number of fused-ring (bicyclic) bond motifs is 1. The van der Waals surface area contributed by atoms with Crippen molar-refractivity contribution in [3.8, 4) is 11.3 Å². The van der Waals surface area contributed by atoms with E-state index in [9.17, 15) is 4.79 Å². The van der Waals surface area contributed by atoms with Gasteiger partial charge in [0, 0.05) is 29.3 Å². The lowest BCUT2D eigenvalue weighted by atomic mass is 9.94. The number of amides is 1. The molecule has 4 heterocycles. The van der Waals surface area contributed by atoms with Crippen LogP contribution >= 0.6 is 0 Å². The van der Waals surface area contributed by atoms with Crippen molar-refractivity contribution < 1.29 is 9.53 Å². The van der Waals surface area contributed by atoms with Gasteiger partial charge in [0.15, 0.2) is 5.82 Å². The first-order valence-corrected chi connectivity index (χ1v) is 9.93. The van der Waals surface area contributed by atoms with E-state index >= 15 is 0 Å². The summed E-state index contributed by atoms with van der Waals surface area (Å²) in [6.07, 6.45) is 6.76. The second-order valence-electron chi connectivity index (χ2n) is 7.58. The van der Waals surface area contributed by atoms with Crippen molar-refractivity contribution in [1.29, 1.82) is 0 Å². The van der Waals surface area contributed by atoms with E-state index in [0.29, 0.717) is 11.9 Å². The number of aromatic nitrogens is 4. The van der Waals surface area contributed by atoms with Gasteiger partial charge in [0.25, 0.3) is 0 Å². The first kappa shape index (κ1) is 18.1. The van der Waals surface area contributed by atoms with Crippen LogP contribution in [0.1, 0.15) is 12.8 Å². The SMILES string of the molecule is O=C(Nc1cc2cc(-c3cnccn3)ccc2nn1)C1CCN(C2COC2)CC1. The molecule has 2 saturated heterocycles. The van der Waals surface area contributed by atoms with E-state index in [-0.39, 0.29) is 11.8 Å². The summed E-state index contributed by atoms with van der Waals surface area (Å²) in [6.45, 7) is 3.52. The van der Waals surface area contributed by atoms with Crippen molar-refractivity contribution in [2.75, 3.05) is 31.6 Å². The summed E-state index contributed by atoms with van der Waals surface area (Å²) in [5.41, 5.74) is 2.51. The normalized spacial score (nSPS) is 18.5. The number of carbonyl (C=O) groups is 1. The monoisotopic (exact) mass is 390 g/mol. The molecule has 29 heavy (non-hydrogen) atoms. The highest BCUT2D eigenvalue weighted by molar-refractivity contribution is 5.94. The Morgan fingerprint density at radius 3 is 2.69 bits per heavy atom. The molecule has 0 aliphatic carbocycles. The van der Waals surface area contributed by atoms with Crippen LogP contribution in [0, 0.1) is 5.92 Å². The van der Waals surface area contributed by atoms with Gasteiger partial charge in [-0.15, -0.1) is 10.2 Å². The molecule has 0 atom stereocenters. The Morgan fingerprint density at radius 1 is 1.10 bits per heavy atom. The van der Waals surface area contributed by atoms with Gasteiger partial charge in [0.2, 0.25) is 5.91 Å². The Hall–Kier alpha value is -2.97. The van der Waals surface area contributed by atoms with E-state index in [1.165, 1.54) is 0 Å². The Morgan fingerprint density at radius 2 is 1.97 bits per heavy atom. The Kier molecular flexibility index (Phi) is 4.87. The lowest BCUT2D eigenvalue weighted by Gasteiger charge is -2.41. The quantitative estimate of drug-likeness (QED) is 0.729. The van der Waals surface area contributed by atoms with Gasteiger partial charge >= 0.3 is 0 Å². The highest BCUT2D eigenvalue weighted by Crippen LogP contribution is 2.25. The predicted octanol–water partition coefficient (Wildman–Crippen LogP) is 2.14. The van der Waals surface area contributed by atoms with Crippen molar-refractivity contribution >= 4 is 22.6 Å². The average Bonchev–Trinajstić information content (AvgIpc) is 2.73. The predicted molar refractivity (Wildman–Crippen MR) is 108 cm³/mol. The van der Waals surface area contributed by atoms with Gasteiger partial charge in [0.05, 0.1) is 36.7 Å². The largest absolute Gasteiger partial charge is 0.378 e. The maximum Gasteiger partial charge on any atom is 0.228 e. The average molecular weight is 390 g/mol. The van der Waals surface area contributed by atoms with Crippen molar-refractivity contribution in [2.45, 2.75) is 18.9 Å². The fourth-order valence-electron chi connectivity index (χ4n) is 3.90. The van der Waals surface area contributed by atoms with Crippen LogP contribution in [0.2, 0.25) is 0 Å². The molecule has 8 nitrogen and oxygen atoms in total. The number of hydrogen-bond acceptors (Lipinski definition) is 7. The summed E-state index contributed by atoms with van der Waals surface area (Å²) in [5.74, 6) is 0.512. The molecule has 148 valence electrons. The Balaban J connectivity index is 1.28. The molecule has 2 aliphatic heterocycles. The molecule has 2 aromatic heterocycles. The fraction of sp³-hybridized carbons (Fsp3) is 0.381. The molecular weight excluding hydrogens is 368 g/mol. The topological polar surface area (TPSA) is 93.1 Å². The minimum absolute atomic E-state index is 0.00988. The van der Waals surface area contributed by atoms with Crippen LogP contribution < -0.4 is 5.32 Å². The number of nitrogens with one attached hydrogen (secondary N) is 1. The number of rotatable bonds is 4. The van der Waals surface area contributed by atoms with Crippen molar-refractivity contribution in [3.05, 3.63) is 42.9 Å². The molecule has 1 aromatic carbocycles. The molecule has 1 N–H and O–H groups in total. The third kappa shape index (κ3) is 3.81. The zero-order chi connectivity index (χ0) is 19.6. The maximum absolute atomic E-state index is 12.7. The third-order valence-electron chi connectivity index (χ3n) is 5.73. The number of nitrogens with zero attached hydrogens (tertiary/aromatic N) is 5. The number of anilines is 1. The molecule has 0 bridgehead atoms. The first-order valence-electron chi connectivity index (χ1n) is 9.93. The van der Waals surface area contributed by atoms with Gasteiger partial charge in [-0.05, 0) is 44.1 Å². The summed E-state index contributed by atoms with van der Waals surface area (Å²) in [6, 6.07) is 8.23. The van der Waals surface area contributed by atoms with E-state index < -0.39 is 0 Å². The van der Waals surface area contributed by atoms with E-state index in [4.69, 9.17) is 4.74 Å². The summed E-state index contributed by atoms with van der Waals surface area (Å²) < 4.78 is 5.27. The maximum atomic E-state index is 12.7. The minimum Gasteiger partial charge on any atom is -0.378 e. The lowest BCUT2D eigenvalue weighted by Crippen LogP contribution is -2.52. The highest BCUT2D eigenvalue weighted by atomic mass is 16.5. The molecule has 5 rings (SSSR count). The van der Waals surface area contributed by atoms with Gasteiger partial charge in [-0.25, -0.2) is 0 Å². The van der Waals surface area contributed by atoms with Gasteiger partial charge in [-0.2, -0.15) is 0 Å². The number of piperidine rings is 1. The van der Waals surface area contributed by atoms with E-state index in [0.717, 1.165) is 61.3 Å². The van der Waals surface area contributed by atoms with Crippen LogP contribution in [0.5, 0.6) is 0 Å². The molecule has 2 fully saturated rings. The van der Waals surface area contributed by atoms with Crippen LogP contribution in [-0.2, 0) is 9.53 Å². The van der Waals surface area contributed by atoms with Crippen LogP contribution in [0.15, 0.2) is 42.9 Å². The summed E-state index contributed by atoms with van der Waals surface area (Å²) in [4.78, 5) is 23.6. The van der Waals surface area contributed by atoms with Crippen LogP contribution in [0.3, 0.4) is 0 Å². The molecule has 3 aromatic rings. The zero-order valence-corrected chi connectivity index (χ0v) is 16.0. The van der Waals surface area contributed by atoms with Gasteiger partial charge in [0.1, 0.15) is 0 Å². The van der Waals surface area contributed by atoms with Crippen molar-refractivity contribution in [2.24, 2.45) is 5.92 Å². The molecule has 0 saturated carbocycles. The van der Waals surface area contributed by atoms with Gasteiger partial charge in [-0.1, -0.05) is 6.07 Å². The minimum atomic E-state index is 0.00988. The second kappa shape index (κ2) is 7.81. The lowest BCUT2D eigenvalue weighted by molar-refractivity contribution is -0.123. The molecule has 0 spiro atoms. The molecule has 8 heteroatoms. The van der Waals surface area contributed by atoms with E-state index in [2.05, 4.69) is 30.4 Å². The number of ether oxygens (including phenoxy) is 1. The Bertz CT molecular complexity index is 1020. The summed E-state index contributed by atoms with van der Waals surface area (Å²) in [5, 5.41) is 12.3. The number of benzene rings is 1. The van der Waals surface area contributed by atoms with Crippen molar-refractivity contribution in [1.82, 2.24) is 25.1 Å². The Labute approximate surface area is 168 Å². The number of likely N-dealkylation sites (tertiary alicyclic amines) is 1. The van der Waals surface area contributed by atoms with Crippen LogP contribution in [0.25, 0.3) is 22.2 Å².